The lowest BCUT2D eigenvalue weighted by molar-refractivity contribution is 0.0718. The lowest BCUT2D eigenvalue weighted by atomic mass is 9.98. The van der Waals surface area contributed by atoms with Crippen molar-refractivity contribution in [2.24, 2.45) is 0 Å². The molecule has 3 heterocycles. The maximum Gasteiger partial charge on any atom is 0.254 e. The Kier molecular flexibility index (Phi) is 6.11. The number of carbonyl (C=O) groups is 1. The van der Waals surface area contributed by atoms with E-state index in [0.717, 1.165) is 40.4 Å². The second kappa shape index (κ2) is 9.50. The number of hydrogen-bond acceptors (Lipinski definition) is 5. The Hall–Kier alpha value is -3.95. The van der Waals surface area contributed by atoms with Crippen molar-refractivity contribution >= 4 is 34.0 Å². The van der Waals surface area contributed by atoms with E-state index in [1.54, 1.807) is 24.5 Å². The number of likely N-dealkylation sites (tertiary alicyclic amines) is 1. The number of nitriles is 1. The SMILES string of the molecule is N#Cc1cccc(-c2cc(NC3CCN(C(=O)c4ccnc(Cl)c4)CC3)c3cnccc3c2)c1. The maximum atomic E-state index is 12.8. The molecule has 6 nitrogen and oxygen atoms in total. The van der Waals surface area contributed by atoms with Crippen LogP contribution in [0.15, 0.2) is 73.2 Å². The maximum absolute atomic E-state index is 12.8. The molecule has 0 saturated carbocycles. The molecule has 7 heteroatoms. The lowest BCUT2D eigenvalue weighted by Gasteiger charge is -2.33. The summed E-state index contributed by atoms with van der Waals surface area (Å²) >= 11 is 5.95. The number of halogens is 1. The molecule has 0 aliphatic carbocycles. The number of nitrogens with one attached hydrogen (secondary N) is 1. The van der Waals surface area contributed by atoms with E-state index in [2.05, 4.69) is 33.5 Å². The largest absolute Gasteiger partial charge is 0.382 e. The van der Waals surface area contributed by atoms with Crippen molar-refractivity contribution in [3.8, 4) is 17.2 Å². The fourth-order valence-electron chi connectivity index (χ4n) is 4.42. The number of anilines is 1. The summed E-state index contributed by atoms with van der Waals surface area (Å²) in [5.74, 6) is -0.0169. The molecule has 168 valence electrons. The van der Waals surface area contributed by atoms with Crippen LogP contribution in [-0.2, 0) is 0 Å². The number of hydrogen-bond donors (Lipinski definition) is 1. The highest BCUT2D eigenvalue weighted by molar-refractivity contribution is 6.29. The Balaban J connectivity index is 1.36. The molecule has 1 aliphatic heterocycles. The summed E-state index contributed by atoms with van der Waals surface area (Å²) < 4.78 is 0. The third-order valence-corrected chi connectivity index (χ3v) is 6.40. The number of pyridine rings is 2. The molecule has 0 unspecified atom stereocenters. The van der Waals surface area contributed by atoms with Gasteiger partial charge in [0, 0.05) is 54.4 Å². The van der Waals surface area contributed by atoms with Gasteiger partial charge in [0.2, 0.25) is 0 Å². The van der Waals surface area contributed by atoms with Crippen molar-refractivity contribution in [1.82, 2.24) is 14.9 Å². The van der Waals surface area contributed by atoms with E-state index in [4.69, 9.17) is 11.6 Å². The predicted molar refractivity (Wildman–Crippen MR) is 134 cm³/mol. The van der Waals surface area contributed by atoms with Crippen LogP contribution in [0.2, 0.25) is 5.15 Å². The molecule has 0 spiro atoms. The second-order valence-corrected chi connectivity index (χ2v) is 8.78. The summed E-state index contributed by atoms with van der Waals surface area (Å²) in [4.78, 5) is 23.0. The molecule has 2 aromatic heterocycles. The van der Waals surface area contributed by atoms with Crippen LogP contribution < -0.4 is 5.32 Å². The van der Waals surface area contributed by atoms with Crippen LogP contribution in [0.4, 0.5) is 5.69 Å². The number of fused-ring (bicyclic) bond motifs is 1. The number of rotatable bonds is 4. The molecular formula is C27H22ClN5O. The number of amides is 1. The van der Waals surface area contributed by atoms with Gasteiger partial charge in [0.05, 0.1) is 11.6 Å². The van der Waals surface area contributed by atoms with Crippen LogP contribution in [0.25, 0.3) is 21.9 Å². The van der Waals surface area contributed by atoms with Crippen molar-refractivity contribution in [3.05, 3.63) is 89.5 Å². The summed E-state index contributed by atoms with van der Waals surface area (Å²) in [5.41, 5.74) is 4.25. The zero-order valence-corrected chi connectivity index (χ0v) is 19.2. The Bertz CT molecular complexity index is 1410. The van der Waals surface area contributed by atoms with Gasteiger partial charge in [0.1, 0.15) is 5.15 Å². The van der Waals surface area contributed by atoms with E-state index in [0.29, 0.717) is 29.4 Å². The van der Waals surface area contributed by atoms with Crippen LogP contribution in [0.5, 0.6) is 0 Å². The predicted octanol–water partition coefficient (Wildman–Crippen LogP) is 5.54. The van der Waals surface area contributed by atoms with Crippen LogP contribution in [-0.4, -0.2) is 39.9 Å². The summed E-state index contributed by atoms with van der Waals surface area (Å²) in [6.07, 6.45) is 6.89. The van der Waals surface area contributed by atoms with Gasteiger partial charge in [-0.15, -0.1) is 0 Å². The molecule has 1 fully saturated rings. The van der Waals surface area contributed by atoms with Gasteiger partial charge in [0.25, 0.3) is 5.91 Å². The first kappa shape index (κ1) is 21.9. The molecule has 1 N–H and O–H groups in total. The van der Waals surface area contributed by atoms with Crippen molar-refractivity contribution in [3.63, 3.8) is 0 Å². The topological polar surface area (TPSA) is 81.9 Å². The number of carbonyl (C=O) groups excluding carboxylic acids is 1. The summed E-state index contributed by atoms with van der Waals surface area (Å²) in [6, 6.07) is 19.6. The highest BCUT2D eigenvalue weighted by atomic mass is 35.5. The molecule has 5 rings (SSSR count). The molecular weight excluding hydrogens is 446 g/mol. The van der Waals surface area contributed by atoms with E-state index in [-0.39, 0.29) is 11.9 Å². The minimum absolute atomic E-state index is 0.0169. The molecule has 0 atom stereocenters. The summed E-state index contributed by atoms with van der Waals surface area (Å²) in [7, 11) is 0. The highest BCUT2D eigenvalue weighted by Gasteiger charge is 2.24. The zero-order valence-electron chi connectivity index (χ0n) is 18.4. The normalized spacial score (nSPS) is 14.1. The van der Waals surface area contributed by atoms with Gasteiger partial charge in [-0.1, -0.05) is 23.7 Å². The number of piperidine rings is 1. The van der Waals surface area contributed by atoms with Gasteiger partial charge in [-0.05, 0) is 71.8 Å². The van der Waals surface area contributed by atoms with Crippen molar-refractivity contribution < 1.29 is 4.79 Å². The van der Waals surface area contributed by atoms with Gasteiger partial charge in [-0.25, -0.2) is 4.98 Å². The number of nitrogens with zero attached hydrogens (tertiary/aromatic N) is 4. The fraction of sp³-hybridized carbons (Fsp3) is 0.185. The molecule has 4 aromatic rings. The first-order valence-electron chi connectivity index (χ1n) is 11.2. The molecule has 0 bridgehead atoms. The van der Waals surface area contributed by atoms with Crippen molar-refractivity contribution in [1.29, 1.82) is 5.26 Å². The number of aromatic nitrogens is 2. The molecule has 2 aromatic carbocycles. The monoisotopic (exact) mass is 467 g/mol. The van der Waals surface area contributed by atoms with Crippen molar-refractivity contribution in [2.45, 2.75) is 18.9 Å². The Labute approximate surface area is 202 Å². The smallest absolute Gasteiger partial charge is 0.254 e. The van der Waals surface area contributed by atoms with Crippen LogP contribution in [0.1, 0.15) is 28.8 Å². The van der Waals surface area contributed by atoms with Gasteiger partial charge in [0.15, 0.2) is 0 Å². The van der Waals surface area contributed by atoms with E-state index >= 15 is 0 Å². The highest BCUT2D eigenvalue weighted by Crippen LogP contribution is 2.32. The van der Waals surface area contributed by atoms with Gasteiger partial charge < -0.3 is 10.2 Å². The van der Waals surface area contributed by atoms with Crippen molar-refractivity contribution in [2.75, 3.05) is 18.4 Å². The van der Waals surface area contributed by atoms with Crippen LogP contribution in [0, 0.1) is 11.3 Å². The first-order chi connectivity index (χ1) is 16.6. The van der Waals surface area contributed by atoms with E-state index in [1.807, 2.05) is 41.4 Å². The van der Waals surface area contributed by atoms with E-state index in [9.17, 15) is 10.1 Å². The molecule has 0 radical (unpaired) electrons. The Morgan fingerprint density at radius 3 is 2.71 bits per heavy atom. The lowest BCUT2D eigenvalue weighted by Crippen LogP contribution is -2.42. The summed E-state index contributed by atoms with van der Waals surface area (Å²) in [5, 5.41) is 15.4. The Morgan fingerprint density at radius 2 is 1.91 bits per heavy atom. The standard InChI is InChI=1S/C27H22ClN5O/c28-26-15-21(5-9-31-26)27(34)33-10-6-23(7-11-33)32-25-14-22(13-20-4-8-30-17-24(20)25)19-3-1-2-18(12-19)16-29/h1-5,8-9,12-15,17,23,32H,6-7,10-11H2. The molecule has 1 saturated heterocycles. The quantitative estimate of drug-likeness (QED) is 0.398. The molecule has 34 heavy (non-hydrogen) atoms. The zero-order chi connectivity index (χ0) is 23.5. The molecule has 1 aliphatic rings. The van der Waals surface area contributed by atoms with Crippen LogP contribution in [0.3, 0.4) is 0 Å². The number of benzene rings is 2. The fourth-order valence-corrected chi connectivity index (χ4v) is 4.59. The Morgan fingerprint density at radius 1 is 1.06 bits per heavy atom. The first-order valence-corrected chi connectivity index (χ1v) is 11.5. The third-order valence-electron chi connectivity index (χ3n) is 6.20. The van der Waals surface area contributed by atoms with E-state index in [1.165, 1.54) is 0 Å². The van der Waals surface area contributed by atoms with Gasteiger partial charge >= 0.3 is 0 Å². The average molecular weight is 468 g/mol. The van der Waals surface area contributed by atoms with Gasteiger partial charge in [-0.2, -0.15) is 5.26 Å². The summed E-state index contributed by atoms with van der Waals surface area (Å²) in [6.45, 7) is 1.33. The van der Waals surface area contributed by atoms with Gasteiger partial charge in [-0.3, -0.25) is 9.78 Å². The van der Waals surface area contributed by atoms with Crippen LogP contribution >= 0.6 is 11.6 Å². The second-order valence-electron chi connectivity index (χ2n) is 8.39. The minimum atomic E-state index is -0.0169. The average Bonchev–Trinajstić information content (AvgIpc) is 2.88. The van der Waals surface area contributed by atoms with E-state index < -0.39 is 0 Å². The third kappa shape index (κ3) is 4.57. The molecule has 1 amide bonds. The minimum Gasteiger partial charge on any atom is -0.382 e.